The Hall–Kier alpha value is -3.19. The van der Waals surface area contributed by atoms with Crippen molar-refractivity contribution in [3.8, 4) is 6.19 Å². The van der Waals surface area contributed by atoms with E-state index in [1.807, 2.05) is 6.19 Å². The van der Waals surface area contributed by atoms with Gasteiger partial charge in [0.2, 0.25) is 11.9 Å². The summed E-state index contributed by atoms with van der Waals surface area (Å²) in [5.41, 5.74) is 6.29. The molecule has 2 fully saturated rings. The van der Waals surface area contributed by atoms with Gasteiger partial charge >= 0.3 is 5.97 Å². The predicted octanol–water partition coefficient (Wildman–Crippen LogP) is 1.24. The number of amides is 1. The SMILES string of the molecule is N#CNC(=N[C@H]1C[C@@H]2CC[C@H]1C2)Nc1ccc(NC(=O)[C@@H](N)CCC(=O)O)nc1. The summed E-state index contributed by atoms with van der Waals surface area (Å²) in [7, 11) is 0. The van der Waals surface area contributed by atoms with Crippen molar-refractivity contribution in [3.63, 3.8) is 0 Å². The van der Waals surface area contributed by atoms with Crippen molar-refractivity contribution in [1.29, 1.82) is 5.26 Å². The number of carbonyl (C=O) groups excluding carboxylic acids is 1. The minimum atomic E-state index is -1.00. The molecule has 154 valence electrons. The highest BCUT2D eigenvalue weighted by atomic mass is 16.4. The maximum Gasteiger partial charge on any atom is 0.303 e. The lowest BCUT2D eigenvalue weighted by atomic mass is 9.96. The van der Waals surface area contributed by atoms with Crippen molar-refractivity contribution >= 4 is 29.3 Å². The molecule has 3 rings (SSSR count). The number of anilines is 2. The van der Waals surface area contributed by atoms with E-state index in [-0.39, 0.29) is 18.9 Å². The zero-order valence-corrected chi connectivity index (χ0v) is 16.0. The molecule has 1 aromatic heterocycles. The van der Waals surface area contributed by atoms with Crippen molar-refractivity contribution < 1.29 is 14.7 Å². The lowest BCUT2D eigenvalue weighted by Crippen LogP contribution is -2.36. The Labute approximate surface area is 168 Å². The fourth-order valence-electron chi connectivity index (χ4n) is 3.99. The Kier molecular flexibility index (Phi) is 6.61. The second-order valence-electron chi connectivity index (χ2n) is 7.54. The highest BCUT2D eigenvalue weighted by Crippen LogP contribution is 2.45. The Morgan fingerprint density at radius 2 is 2.17 bits per heavy atom. The highest BCUT2D eigenvalue weighted by Gasteiger charge is 2.39. The van der Waals surface area contributed by atoms with Crippen LogP contribution < -0.4 is 21.7 Å². The van der Waals surface area contributed by atoms with Gasteiger partial charge in [0.15, 0.2) is 6.19 Å². The van der Waals surface area contributed by atoms with Crippen LogP contribution in [0.25, 0.3) is 0 Å². The van der Waals surface area contributed by atoms with E-state index in [0.717, 1.165) is 12.3 Å². The number of nitriles is 1. The second kappa shape index (κ2) is 9.34. The number of rotatable bonds is 7. The van der Waals surface area contributed by atoms with Crippen LogP contribution in [0.1, 0.15) is 38.5 Å². The summed E-state index contributed by atoms with van der Waals surface area (Å²) < 4.78 is 0. The lowest BCUT2D eigenvalue weighted by molar-refractivity contribution is -0.137. The number of nitrogens with zero attached hydrogens (tertiary/aromatic N) is 3. The van der Waals surface area contributed by atoms with Crippen molar-refractivity contribution in [2.45, 2.75) is 50.6 Å². The maximum absolute atomic E-state index is 12.0. The summed E-state index contributed by atoms with van der Waals surface area (Å²) in [5, 5.41) is 25.8. The van der Waals surface area contributed by atoms with Gasteiger partial charge < -0.3 is 21.5 Å². The number of aliphatic carboxylic acids is 1. The van der Waals surface area contributed by atoms with Crippen LogP contribution in [-0.4, -0.2) is 40.0 Å². The number of guanidine groups is 1. The van der Waals surface area contributed by atoms with Gasteiger partial charge in [-0.25, -0.2) is 9.98 Å². The van der Waals surface area contributed by atoms with E-state index in [4.69, 9.17) is 16.1 Å². The first-order valence-corrected chi connectivity index (χ1v) is 9.69. The Morgan fingerprint density at radius 1 is 1.34 bits per heavy atom. The molecule has 1 heterocycles. The molecule has 29 heavy (non-hydrogen) atoms. The molecule has 1 aromatic rings. The minimum Gasteiger partial charge on any atom is -0.481 e. The van der Waals surface area contributed by atoms with Gasteiger partial charge in [-0.15, -0.1) is 0 Å². The standard InChI is InChI=1S/C19H25N7O3/c20-10-23-19(25-15-8-11-1-2-12(15)7-11)24-13-3-5-16(22-9-13)26-18(29)14(21)4-6-17(27)28/h3,5,9,11-12,14-15H,1-2,4,6-8,21H2,(H,27,28)(H,22,26,29)(H2,23,24,25)/t11-,12+,14+,15+/m1/s1. The molecule has 0 spiro atoms. The van der Waals surface area contributed by atoms with Gasteiger partial charge in [-0.3, -0.25) is 14.9 Å². The molecule has 0 aliphatic heterocycles. The first-order chi connectivity index (χ1) is 13.9. The summed E-state index contributed by atoms with van der Waals surface area (Å²) in [6.45, 7) is 0. The van der Waals surface area contributed by atoms with Crippen LogP contribution in [-0.2, 0) is 9.59 Å². The molecule has 10 nitrogen and oxygen atoms in total. The Balaban J connectivity index is 1.56. The highest BCUT2D eigenvalue weighted by molar-refractivity contribution is 5.96. The molecule has 6 N–H and O–H groups in total. The molecule has 2 aliphatic carbocycles. The quantitative estimate of drug-likeness (QED) is 0.198. The van der Waals surface area contributed by atoms with Gasteiger partial charge in [0.1, 0.15) is 5.82 Å². The lowest BCUT2D eigenvalue weighted by Gasteiger charge is -2.19. The van der Waals surface area contributed by atoms with Crippen molar-refractivity contribution in [2.24, 2.45) is 22.6 Å². The largest absolute Gasteiger partial charge is 0.481 e. The fraction of sp³-hybridized carbons (Fsp3) is 0.526. The average Bonchev–Trinajstić information content (AvgIpc) is 3.31. The Morgan fingerprint density at radius 3 is 2.76 bits per heavy atom. The molecule has 1 amide bonds. The number of carbonyl (C=O) groups is 2. The minimum absolute atomic E-state index is 0.0451. The van der Waals surface area contributed by atoms with E-state index in [0.29, 0.717) is 23.4 Å². The van der Waals surface area contributed by atoms with E-state index < -0.39 is 17.9 Å². The number of fused-ring (bicyclic) bond motifs is 2. The number of hydrogen-bond acceptors (Lipinski definition) is 6. The zero-order valence-electron chi connectivity index (χ0n) is 16.0. The molecule has 0 aromatic carbocycles. The van der Waals surface area contributed by atoms with Crippen LogP contribution in [0.3, 0.4) is 0 Å². The van der Waals surface area contributed by atoms with E-state index in [1.54, 1.807) is 12.1 Å². The molecule has 4 atom stereocenters. The van der Waals surface area contributed by atoms with Crippen molar-refractivity contribution in [1.82, 2.24) is 10.3 Å². The van der Waals surface area contributed by atoms with Crippen molar-refractivity contribution in [3.05, 3.63) is 18.3 Å². The van der Waals surface area contributed by atoms with Gasteiger partial charge in [0.05, 0.1) is 24.0 Å². The third-order valence-corrected chi connectivity index (χ3v) is 5.45. The number of hydrogen-bond donors (Lipinski definition) is 5. The molecule has 10 heteroatoms. The average molecular weight is 399 g/mol. The second-order valence-corrected chi connectivity index (χ2v) is 7.54. The molecular weight excluding hydrogens is 374 g/mol. The number of aromatic nitrogens is 1. The summed E-state index contributed by atoms with van der Waals surface area (Å²) >= 11 is 0. The molecular formula is C19H25N7O3. The third-order valence-electron chi connectivity index (χ3n) is 5.45. The summed E-state index contributed by atoms with van der Waals surface area (Å²) in [5.74, 6) is 0.534. The van der Waals surface area contributed by atoms with Crippen LogP contribution in [0, 0.1) is 23.3 Å². The van der Waals surface area contributed by atoms with E-state index in [1.165, 1.54) is 25.5 Å². The molecule has 0 radical (unpaired) electrons. The zero-order chi connectivity index (χ0) is 20.8. The van der Waals surface area contributed by atoms with Crippen LogP contribution in [0.4, 0.5) is 11.5 Å². The van der Waals surface area contributed by atoms with E-state index in [2.05, 4.69) is 25.9 Å². The number of carboxylic acid groups (broad SMARTS) is 1. The van der Waals surface area contributed by atoms with E-state index >= 15 is 0 Å². The monoisotopic (exact) mass is 399 g/mol. The number of carboxylic acids is 1. The molecule has 2 aliphatic rings. The summed E-state index contributed by atoms with van der Waals surface area (Å²) in [4.78, 5) is 31.4. The maximum atomic E-state index is 12.0. The van der Waals surface area contributed by atoms with Crippen LogP contribution in [0.15, 0.2) is 23.3 Å². The number of aliphatic imine (C=N–C) groups is 1. The van der Waals surface area contributed by atoms with Gasteiger partial charge in [-0.05, 0) is 49.7 Å². The number of pyridine rings is 1. The summed E-state index contributed by atoms with van der Waals surface area (Å²) in [6, 6.07) is 2.59. The fourth-order valence-corrected chi connectivity index (χ4v) is 3.99. The van der Waals surface area contributed by atoms with Gasteiger partial charge in [0, 0.05) is 6.42 Å². The van der Waals surface area contributed by atoms with Gasteiger partial charge in [-0.2, -0.15) is 5.26 Å². The predicted molar refractivity (Wildman–Crippen MR) is 107 cm³/mol. The number of nitrogens with two attached hydrogens (primary N) is 1. The molecule has 0 saturated heterocycles. The molecule has 0 unspecified atom stereocenters. The Bertz CT molecular complexity index is 818. The third kappa shape index (κ3) is 5.65. The first-order valence-electron chi connectivity index (χ1n) is 9.69. The van der Waals surface area contributed by atoms with Crippen LogP contribution >= 0.6 is 0 Å². The van der Waals surface area contributed by atoms with Crippen LogP contribution in [0.5, 0.6) is 0 Å². The molecule has 2 saturated carbocycles. The van der Waals surface area contributed by atoms with Crippen LogP contribution in [0.2, 0.25) is 0 Å². The first kappa shape index (κ1) is 20.5. The normalized spacial score (nSPS) is 23.9. The topological polar surface area (TPSA) is 166 Å². The molecule has 2 bridgehead atoms. The smallest absolute Gasteiger partial charge is 0.303 e. The van der Waals surface area contributed by atoms with Gasteiger partial charge in [0.25, 0.3) is 0 Å². The summed E-state index contributed by atoms with van der Waals surface area (Å²) in [6.07, 6.45) is 8.04. The number of nitrogens with one attached hydrogen (secondary N) is 3. The van der Waals surface area contributed by atoms with Crippen molar-refractivity contribution in [2.75, 3.05) is 10.6 Å². The van der Waals surface area contributed by atoms with Gasteiger partial charge in [-0.1, -0.05) is 6.42 Å². The van der Waals surface area contributed by atoms with E-state index in [9.17, 15) is 9.59 Å².